The highest BCUT2D eigenvalue weighted by molar-refractivity contribution is 6.33. The molecule has 4 atom stereocenters. The van der Waals surface area contributed by atoms with Gasteiger partial charge in [-0.2, -0.15) is 0 Å². The van der Waals surface area contributed by atoms with Crippen LogP contribution in [0.4, 0.5) is 0 Å². The molecule has 0 aromatic carbocycles. The molecule has 2 aliphatic rings. The Bertz CT molecular complexity index is 790. The molecule has 23 heavy (non-hydrogen) atoms. The fourth-order valence-corrected chi connectivity index (χ4v) is 4.03. The monoisotopic (exact) mass is 335 g/mol. The number of hydrogen-bond acceptors (Lipinski definition) is 5. The highest BCUT2D eigenvalue weighted by Crippen LogP contribution is 2.52. The normalized spacial score (nSPS) is 35.6. The molecule has 0 bridgehead atoms. The second-order valence-corrected chi connectivity index (χ2v) is 7.40. The lowest BCUT2D eigenvalue weighted by Gasteiger charge is -2.27. The van der Waals surface area contributed by atoms with Crippen molar-refractivity contribution >= 4 is 28.9 Å². The molecule has 122 valence electrons. The van der Waals surface area contributed by atoms with Gasteiger partial charge in [-0.3, -0.25) is 0 Å². The third-order valence-electron chi connectivity index (χ3n) is 4.89. The number of rotatable bonds is 2. The summed E-state index contributed by atoms with van der Waals surface area (Å²) in [4.78, 5) is 20.1. The van der Waals surface area contributed by atoms with Gasteiger partial charge in [-0.1, -0.05) is 18.5 Å². The Morgan fingerprint density at radius 1 is 1.35 bits per heavy atom. The van der Waals surface area contributed by atoms with Crippen LogP contribution in [0.5, 0.6) is 0 Å². The van der Waals surface area contributed by atoms with E-state index in [-0.39, 0.29) is 18.2 Å². The van der Waals surface area contributed by atoms with Crippen molar-refractivity contribution in [1.29, 1.82) is 0 Å². The van der Waals surface area contributed by atoms with Crippen LogP contribution in [0.3, 0.4) is 0 Å². The van der Waals surface area contributed by atoms with Crippen molar-refractivity contribution in [2.75, 3.05) is 0 Å². The van der Waals surface area contributed by atoms with Crippen LogP contribution in [0.1, 0.15) is 33.2 Å². The van der Waals surface area contributed by atoms with Crippen LogP contribution in [0, 0.1) is 5.41 Å². The molecule has 3 heterocycles. The summed E-state index contributed by atoms with van der Waals surface area (Å²) >= 11 is 6.14. The van der Waals surface area contributed by atoms with E-state index in [1.54, 1.807) is 0 Å². The average Bonchev–Trinajstić information content (AvgIpc) is 3.12. The number of nitrogens with zero attached hydrogens (tertiary/aromatic N) is 3. The first-order valence-corrected chi connectivity index (χ1v) is 8.01. The summed E-state index contributed by atoms with van der Waals surface area (Å²) in [7, 11) is 0. The van der Waals surface area contributed by atoms with Crippen LogP contribution < -0.4 is 0 Å². The minimum absolute atomic E-state index is 0.0413. The number of fused-ring (bicyclic) bond motifs is 2. The number of halogens is 1. The second kappa shape index (κ2) is 4.75. The second-order valence-electron chi connectivity index (χ2n) is 7.04. The predicted molar refractivity (Wildman–Crippen MR) is 84.2 cm³/mol. The molecule has 0 N–H and O–H groups in total. The van der Waals surface area contributed by atoms with E-state index in [4.69, 9.17) is 21.1 Å². The molecule has 1 aliphatic heterocycles. The predicted octanol–water partition coefficient (Wildman–Crippen LogP) is 2.75. The maximum absolute atomic E-state index is 11.7. The molecule has 7 heteroatoms. The lowest BCUT2D eigenvalue weighted by atomic mass is 9.88. The Balaban J connectivity index is 1.82. The van der Waals surface area contributed by atoms with Crippen LogP contribution in [-0.4, -0.2) is 38.8 Å². The standard InChI is InChI=1S/C16H18ClN3O3/c1-15(2)22-11-10(6-16(3,7-21)12(11)23-15)20-5-4-9-13(17)18-8-19-14(9)20/h4-5,7-8,10-12H,6H2,1-3H3/t10-,11+,12+,16-/m1/s1. The first-order valence-electron chi connectivity index (χ1n) is 7.64. The van der Waals surface area contributed by atoms with Crippen LogP contribution in [0.25, 0.3) is 11.0 Å². The molecule has 1 aliphatic carbocycles. The Morgan fingerprint density at radius 2 is 2.13 bits per heavy atom. The van der Waals surface area contributed by atoms with Crippen molar-refractivity contribution in [3.8, 4) is 0 Å². The van der Waals surface area contributed by atoms with Crippen molar-refractivity contribution in [3.05, 3.63) is 23.7 Å². The smallest absolute Gasteiger partial charge is 0.163 e. The van der Waals surface area contributed by atoms with Gasteiger partial charge in [0.05, 0.1) is 16.8 Å². The summed E-state index contributed by atoms with van der Waals surface area (Å²) in [5, 5.41) is 1.22. The van der Waals surface area contributed by atoms with Crippen molar-refractivity contribution in [2.24, 2.45) is 5.41 Å². The van der Waals surface area contributed by atoms with Crippen molar-refractivity contribution in [1.82, 2.24) is 14.5 Å². The zero-order valence-corrected chi connectivity index (χ0v) is 13.9. The van der Waals surface area contributed by atoms with Crippen molar-refractivity contribution < 1.29 is 14.3 Å². The molecular formula is C16H18ClN3O3. The quantitative estimate of drug-likeness (QED) is 0.623. The maximum Gasteiger partial charge on any atom is 0.163 e. The highest BCUT2D eigenvalue weighted by atomic mass is 35.5. The summed E-state index contributed by atoms with van der Waals surface area (Å²) in [6.45, 7) is 5.68. The highest BCUT2D eigenvalue weighted by Gasteiger charge is 2.60. The fourth-order valence-electron chi connectivity index (χ4n) is 3.84. The number of ether oxygens (including phenoxy) is 2. The van der Waals surface area contributed by atoms with Gasteiger partial charge in [0.2, 0.25) is 0 Å². The molecular weight excluding hydrogens is 318 g/mol. The lowest BCUT2D eigenvalue weighted by molar-refractivity contribution is -0.168. The van der Waals surface area contributed by atoms with E-state index in [2.05, 4.69) is 9.97 Å². The summed E-state index contributed by atoms with van der Waals surface area (Å²) in [5.74, 6) is -0.701. The zero-order chi connectivity index (χ0) is 16.4. The molecule has 0 unspecified atom stereocenters. The molecule has 2 aromatic rings. The first-order chi connectivity index (χ1) is 10.8. The van der Waals surface area contributed by atoms with E-state index >= 15 is 0 Å². The zero-order valence-electron chi connectivity index (χ0n) is 13.2. The van der Waals surface area contributed by atoms with Gasteiger partial charge >= 0.3 is 0 Å². The topological polar surface area (TPSA) is 66.2 Å². The van der Waals surface area contributed by atoms with Gasteiger partial charge in [-0.15, -0.1) is 0 Å². The molecule has 0 amide bonds. The molecule has 2 fully saturated rings. The van der Waals surface area contributed by atoms with Gasteiger partial charge in [0.25, 0.3) is 0 Å². The van der Waals surface area contributed by atoms with Gasteiger partial charge in [-0.25, -0.2) is 9.97 Å². The number of aromatic nitrogens is 3. The Morgan fingerprint density at radius 3 is 2.87 bits per heavy atom. The van der Waals surface area contributed by atoms with Crippen LogP contribution in [0.2, 0.25) is 5.15 Å². The largest absolute Gasteiger partial charge is 0.343 e. The van der Waals surface area contributed by atoms with Crippen LogP contribution >= 0.6 is 11.6 Å². The maximum atomic E-state index is 11.7. The van der Waals surface area contributed by atoms with Gasteiger partial charge in [0, 0.05) is 6.20 Å². The van der Waals surface area contributed by atoms with Gasteiger partial charge in [0.15, 0.2) is 5.79 Å². The van der Waals surface area contributed by atoms with E-state index in [1.807, 2.05) is 37.6 Å². The van der Waals surface area contributed by atoms with Crippen LogP contribution in [0.15, 0.2) is 18.6 Å². The Hall–Kier alpha value is -1.50. The van der Waals surface area contributed by atoms with Crippen molar-refractivity contribution in [3.63, 3.8) is 0 Å². The third kappa shape index (κ3) is 2.12. The van der Waals surface area contributed by atoms with E-state index in [1.165, 1.54) is 6.33 Å². The van der Waals surface area contributed by atoms with E-state index in [0.717, 1.165) is 17.3 Å². The minimum atomic E-state index is -0.701. The van der Waals surface area contributed by atoms with Crippen molar-refractivity contribution in [2.45, 2.75) is 51.2 Å². The molecule has 2 aromatic heterocycles. The third-order valence-corrected chi connectivity index (χ3v) is 5.20. The molecule has 1 saturated carbocycles. The van der Waals surface area contributed by atoms with Gasteiger partial charge in [0.1, 0.15) is 35.6 Å². The lowest BCUT2D eigenvalue weighted by Crippen LogP contribution is -2.34. The average molecular weight is 336 g/mol. The molecule has 1 saturated heterocycles. The number of carbonyl (C=O) groups excluding carboxylic acids is 1. The SMILES string of the molecule is CC1(C)O[C@H]2[C@H](n3ccc4c(Cl)ncnc43)C[C@](C)(C=O)[C@H]2O1. The fraction of sp³-hybridized carbons (Fsp3) is 0.562. The van der Waals surface area contributed by atoms with Gasteiger partial charge in [-0.05, 0) is 26.3 Å². The Labute approximate surface area is 138 Å². The molecule has 0 spiro atoms. The first kappa shape index (κ1) is 15.1. The Kier molecular flexibility index (Phi) is 3.11. The van der Waals surface area contributed by atoms with E-state index in [9.17, 15) is 4.79 Å². The van der Waals surface area contributed by atoms with E-state index < -0.39 is 11.2 Å². The van der Waals surface area contributed by atoms with Crippen LogP contribution in [-0.2, 0) is 14.3 Å². The number of aldehydes is 1. The number of carbonyl (C=O) groups is 1. The summed E-state index contributed by atoms with van der Waals surface area (Å²) in [6.07, 6.45) is 4.52. The molecule has 0 radical (unpaired) electrons. The summed E-state index contributed by atoms with van der Waals surface area (Å²) in [6, 6.07) is 1.85. The molecule has 6 nitrogen and oxygen atoms in total. The molecule has 4 rings (SSSR count). The summed E-state index contributed by atoms with van der Waals surface area (Å²) in [5.41, 5.74) is 0.161. The van der Waals surface area contributed by atoms with Gasteiger partial charge < -0.3 is 18.8 Å². The number of hydrogen-bond donors (Lipinski definition) is 0. The van der Waals surface area contributed by atoms with E-state index in [0.29, 0.717) is 11.6 Å². The minimum Gasteiger partial charge on any atom is -0.343 e. The summed E-state index contributed by atoms with van der Waals surface area (Å²) < 4.78 is 14.2.